The fraction of sp³-hybridized carbons (Fsp3) is 0.667. The lowest BCUT2D eigenvalue weighted by atomic mass is 9.87. The maximum atomic E-state index is 12.3. The van der Waals surface area contributed by atoms with E-state index in [1.54, 1.807) is 11.3 Å². The highest BCUT2D eigenvalue weighted by Crippen LogP contribution is 2.33. The van der Waals surface area contributed by atoms with Crippen LogP contribution in [0.2, 0.25) is 0 Å². The highest BCUT2D eigenvalue weighted by molar-refractivity contribution is 7.14. The van der Waals surface area contributed by atoms with Gasteiger partial charge in [-0.3, -0.25) is 4.79 Å². The van der Waals surface area contributed by atoms with Crippen LogP contribution < -0.4 is 5.43 Å². The van der Waals surface area contributed by atoms with Crippen molar-refractivity contribution in [3.05, 3.63) is 21.4 Å². The van der Waals surface area contributed by atoms with E-state index in [1.165, 1.54) is 23.3 Å². The average molecular weight is 321 g/mol. The number of amides is 1. The molecule has 22 heavy (non-hydrogen) atoms. The van der Waals surface area contributed by atoms with Crippen LogP contribution in [0.5, 0.6) is 0 Å². The van der Waals surface area contributed by atoms with Gasteiger partial charge >= 0.3 is 0 Å². The molecule has 1 heterocycles. The molecule has 1 amide bonds. The van der Waals surface area contributed by atoms with Gasteiger partial charge in [0.2, 0.25) is 0 Å². The Labute approximate surface area is 138 Å². The number of nitrogens with one attached hydrogen (secondary N) is 1. The third-order valence-corrected chi connectivity index (χ3v) is 5.61. The summed E-state index contributed by atoms with van der Waals surface area (Å²) in [5, 5.41) is 4.34. The topological polar surface area (TPSA) is 41.5 Å². The van der Waals surface area contributed by atoms with Gasteiger partial charge in [-0.05, 0) is 49.7 Å². The van der Waals surface area contributed by atoms with Crippen LogP contribution in [-0.4, -0.2) is 11.6 Å². The second-order valence-electron chi connectivity index (χ2n) is 6.20. The second-order valence-corrected chi connectivity index (χ2v) is 7.33. The van der Waals surface area contributed by atoms with E-state index >= 15 is 0 Å². The van der Waals surface area contributed by atoms with Crippen molar-refractivity contribution in [1.82, 2.24) is 5.43 Å². The van der Waals surface area contributed by atoms with Crippen molar-refractivity contribution in [1.29, 1.82) is 0 Å². The molecule has 0 aromatic carbocycles. The highest BCUT2D eigenvalue weighted by Gasteiger charge is 2.21. The van der Waals surface area contributed by atoms with Gasteiger partial charge in [-0.25, -0.2) is 5.43 Å². The zero-order valence-corrected chi connectivity index (χ0v) is 14.9. The normalized spacial score (nSPS) is 17.0. The molecule has 1 aliphatic carbocycles. The van der Waals surface area contributed by atoms with Gasteiger partial charge in [-0.1, -0.05) is 40.0 Å². The van der Waals surface area contributed by atoms with Crippen LogP contribution in [0.1, 0.15) is 79.4 Å². The molecule has 3 nitrogen and oxygen atoms in total. The third-order valence-electron chi connectivity index (χ3n) is 4.38. The number of hydrogen-bond donors (Lipinski definition) is 1. The molecule has 0 saturated heterocycles. The lowest BCUT2D eigenvalue weighted by molar-refractivity contribution is 0.0958. The number of carbonyl (C=O) groups excluding carboxylic acids is 1. The largest absolute Gasteiger partial charge is 0.281 e. The molecule has 1 unspecified atom stereocenters. The SMILES string of the molecule is CCCC(CCC)=NNC(=O)c1cc2c(s1)CCC(CC)C2. The number of aryl methyl sites for hydroxylation is 1. The summed E-state index contributed by atoms with van der Waals surface area (Å²) in [6, 6.07) is 2.09. The summed E-state index contributed by atoms with van der Waals surface area (Å²) in [4.78, 5) is 14.5. The number of hydrogen-bond acceptors (Lipinski definition) is 3. The monoisotopic (exact) mass is 320 g/mol. The van der Waals surface area contributed by atoms with E-state index < -0.39 is 0 Å². The maximum absolute atomic E-state index is 12.3. The summed E-state index contributed by atoms with van der Waals surface area (Å²) in [5.41, 5.74) is 5.25. The van der Waals surface area contributed by atoms with Crippen molar-refractivity contribution >= 4 is 23.0 Å². The summed E-state index contributed by atoms with van der Waals surface area (Å²) in [6.45, 7) is 6.54. The molecule has 0 bridgehead atoms. The van der Waals surface area contributed by atoms with Crippen molar-refractivity contribution in [2.45, 2.75) is 72.1 Å². The van der Waals surface area contributed by atoms with Crippen LogP contribution in [0.4, 0.5) is 0 Å². The quantitative estimate of drug-likeness (QED) is 0.560. The van der Waals surface area contributed by atoms with E-state index in [4.69, 9.17) is 0 Å². The Morgan fingerprint density at radius 2 is 2.05 bits per heavy atom. The number of nitrogens with zero attached hydrogens (tertiary/aromatic N) is 1. The number of carbonyl (C=O) groups is 1. The van der Waals surface area contributed by atoms with E-state index in [0.717, 1.165) is 55.0 Å². The Morgan fingerprint density at radius 1 is 1.32 bits per heavy atom. The fourth-order valence-electron chi connectivity index (χ4n) is 3.06. The summed E-state index contributed by atoms with van der Waals surface area (Å²) >= 11 is 1.65. The van der Waals surface area contributed by atoms with Gasteiger partial charge < -0.3 is 0 Å². The molecule has 1 N–H and O–H groups in total. The number of rotatable bonds is 7. The minimum atomic E-state index is -0.0443. The standard InChI is InChI=1S/C18H28N2OS/c1-4-7-15(8-5-2)19-20-18(21)17-12-14-11-13(6-3)9-10-16(14)22-17/h12-13H,4-11H2,1-3H3,(H,20,21). The molecule has 1 atom stereocenters. The first-order valence-electron chi connectivity index (χ1n) is 8.65. The van der Waals surface area contributed by atoms with Gasteiger partial charge in [-0.15, -0.1) is 11.3 Å². The lowest BCUT2D eigenvalue weighted by Gasteiger charge is -2.19. The molecule has 0 fully saturated rings. The predicted octanol–water partition coefficient (Wildman–Crippen LogP) is 4.95. The molecule has 0 radical (unpaired) electrons. The summed E-state index contributed by atoms with van der Waals surface area (Å²) in [6.07, 6.45) is 8.84. The van der Waals surface area contributed by atoms with Crippen LogP contribution >= 0.6 is 11.3 Å². The third kappa shape index (κ3) is 4.42. The Balaban J connectivity index is 2.01. The first-order chi connectivity index (χ1) is 10.7. The summed E-state index contributed by atoms with van der Waals surface area (Å²) < 4.78 is 0. The molecule has 2 rings (SSSR count). The van der Waals surface area contributed by atoms with Crippen molar-refractivity contribution in [3.8, 4) is 0 Å². The summed E-state index contributed by atoms with van der Waals surface area (Å²) in [7, 11) is 0. The van der Waals surface area contributed by atoms with Gasteiger partial charge in [0.25, 0.3) is 5.91 Å². The predicted molar refractivity (Wildman–Crippen MR) is 94.8 cm³/mol. The minimum absolute atomic E-state index is 0.0443. The van der Waals surface area contributed by atoms with Crippen LogP contribution in [0, 0.1) is 5.92 Å². The fourth-order valence-corrected chi connectivity index (χ4v) is 4.16. The lowest BCUT2D eigenvalue weighted by Crippen LogP contribution is -2.18. The zero-order chi connectivity index (χ0) is 15.9. The smallest absolute Gasteiger partial charge is 0.266 e. The van der Waals surface area contributed by atoms with Crippen LogP contribution in [0.3, 0.4) is 0 Å². The molecule has 0 saturated carbocycles. The average Bonchev–Trinajstić information content (AvgIpc) is 2.95. The number of hydrazone groups is 1. The molecule has 4 heteroatoms. The minimum Gasteiger partial charge on any atom is -0.266 e. The molecular weight excluding hydrogens is 292 g/mol. The van der Waals surface area contributed by atoms with Gasteiger partial charge in [0.05, 0.1) is 4.88 Å². The highest BCUT2D eigenvalue weighted by atomic mass is 32.1. The Morgan fingerprint density at radius 3 is 2.68 bits per heavy atom. The van der Waals surface area contributed by atoms with E-state index in [0.29, 0.717) is 0 Å². The van der Waals surface area contributed by atoms with Crippen LogP contribution in [0.25, 0.3) is 0 Å². The molecule has 0 aliphatic heterocycles. The van der Waals surface area contributed by atoms with E-state index in [-0.39, 0.29) is 5.91 Å². The van der Waals surface area contributed by atoms with E-state index in [9.17, 15) is 4.79 Å². The van der Waals surface area contributed by atoms with Gasteiger partial charge in [0, 0.05) is 10.6 Å². The van der Waals surface area contributed by atoms with Gasteiger partial charge in [0.15, 0.2) is 0 Å². The van der Waals surface area contributed by atoms with Gasteiger partial charge in [0.1, 0.15) is 0 Å². The first-order valence-corrected chi connectivity index (χ1v) is 9.46. The summed E-state index contributed by atoms with van der Waals surface area (Å²) in [5.74, 6) is 0.744. The van der Waals surface area contributed by atoms with Crippen LogP contribution in [0.15, 0.2) is 11.2 Å². The molecular formula is C18H28N2OS. The van der Waals surface area contributed by atoms with Crippen molar-refractivity contribution in [2.24, 2.45) is 11.0 Å². The number of fused-ring (bicyclic) bond motifs is 1. The van der Waals surface area contributed by atoms with Crippen LogP contribution in [-0.2, 0) is 12.8 Å². The van der Waals surface area contributed by atoms with Crippen molar-refractivity contribution in [3.63, 3.8) is 0 Å². The van der Waals surface area contributed by atoms with Crippen molar-refractivity contribution in [2.75, 3.05) is 0 Å². The molecule has 0 spiro atoms. The van der Waals surface area contributed by atoms with Crippen molar-refractivity contribution < 1.29 is 4.79 Å². The van der Waals surface area contributed by atoms with E-state index in [2.05, 4.69) is 37.4 Å². The second kappa shape index (κ2) is 8.47. The Kier molecular flexibility index (Phi) is 6.62. The molecule has 1 aromatic heterocycles. The van der Waals surface area contributed by atoms with E-state index in [1.807, 2.05) is 0 Å². The first kappa shape index (κ1) is 17.2. The van der Waals surface area contributed by atoms with Gasteiger partial charge in [-0.2, -0.15) is 5.10 Å². The Hall–Kier alpha value is -1.16. The molecule has 1 aromatic rings. The Bertz CT molecular complexity index is 525. The zero-order valence-electron chi connectivity index (χ0n) is 14.1. The maximum Gasteiger partial charge on any atom is 0.281 e. The number of thiophene rings is 1. The molecule has 122 valence electrons. The molecule has 1 aliphatic rings.